The molecule has 4 rings (SSSR count). The van der Waals surface area contributed by atoms with Crippen LogP contribution in [0, 0.1) is 6.92 Å². The molecule has 2 aromatic carbocycles. The van der Waals surface area contributed by atoms with Gasteiger partial charge in [-0.2, -0.15) is 0 Å². The van der Waals surface area contributed by atoms with Crippen LogP contribution in [0.15, 0.2) is 42.5 Å². The van der Waals surface area contributed by atoms with Gasteiger partial charge in [0.2, 0.25) is 5.91 Å². The number of fused-ring (bicyclic) bond motifs is 1. The second-order valence-corrected chi connectivity index (χ2v) is 8.01. The molecule has 1 N–H and O–H groups in total. The van der Waals surface area contributed by atoms with E-state index in [-0.39, 0.29) is 30.4 Å². The SMILES string of the molecule is Cc1cccc2c1N(C1CCN(CC(=O)Nc3ccc(Cl)cc3)CC1)C(=O)OC2.Cl. The number of hydrogen-bond donors (Lipinski definition) is 1. The van der Waals surface area contributed by atoms with Gasteiger partial charge in [-0.25, -0.2) is 4.79 Å². The first-order valence-electron chi connectivity index (χ1n) is 9.83. The van der Waals surface area contributed by atoms with Gasteiger partial charge in [-0.1, -0.05) is 29.8 Å². The van der Waals surface area contributed by atoms with Crippen LogP contribution in [-0.4, -0.2) is 42.6 Å². The number of para-hydroxylation sites is 1. The van der Waals surface area contributed by atoms with Crippen LogP contribution < -0.4 is 10.2 Å². The molecule has 0 aliphatic carbocycles. The maximum atomic E-state index is 12.5. The zero-order chi connectivity index (χ0) is 20.4. The minimum Gasteiger partial charge on any atom is -0.444 e. The van der Waals surface area contributed by atoms with E-state index in [1.165, 1.54) is 0 Å². The number of halogens is 2. The number of cyclic esters (lactones) is 1. The van der Waals surface area contributed by atoms with Crippen molar-refractivity contribution in [1.82, 2.24) is 4.90 Å². The summed E-state index contributed by atoms with van der Waals surface area (Å²) in [4.78, 5) is 28.8. The van der Waals surface area contributed by atoms with Crippen molar-refractivity contribution in [3.05, 3.63) is 58.6 Å². The molecule has 0 aromatic heterocycles. The summed E-state index contributed by atoms with van der Waals surface area (Å²) in [5, 5.41) is 3.53. The number of carbonyl (C=O) groups excluding carboxylic acids is 2. The Kier molecular flexibility index (Phi) is 7.23. The van der Waals surface area contributed by atoms with Crippen LogP contribution in [0.4, 0.5) is 16.2 Å². The molecule has 2 aliphatic rings. The van der Waals surface area contributed by atoms with Crippen LogP contribution in [0.5, 0.6) is 0 Å². The third-order valence-corrected chi connectivity index (χ3v) is 5.78. The molecular weight excluding hydrogens is 425 g/mol. The lowest BCUT2D eigenvalue weighted by Crippen LogP contribution is -2.50. The molecule has 160 valence electrons. The van der Waals surface area contributed by atoms with E-state index in [0.717, 1.165) is 48.4 Å². The largest absolute Gasteiger partial charge is 0.444 e. The summed E-state index contributed by atoms with van der Waals surface area (Å²) < 4.78 is 5.39. The van der Waals surface area contributed by atoms with Crippen molar-refractivity contribution in [2.75, 3.05) is 29.9 Å². The molecule has 0 atom stereocenters. The first-order valence-corrected chi connectivity index (χ1v) is 10.2. The van der Waals surface area contributed by atoms with Gasteiger partial charge >= 0.3 is 6.09 Å². The minimum atomic E-state index is -0.272. The van der Waals surface area contributed by atoms with E-state index >= 15 is 0 Å². The Bertz CT molecular complexity index is 912. The summed E-state index contributed by atoms with van der Waals surface area (Å²) in [6.07, 6.45) is 1.33. The highest BCUT2D eigenvalue weighted by Crippen LogP contribution is 2.34. The summed E-state index contributed by atoms with van der Waals surface area (Å²) in [5.74, 6) is -0.0515. The number of piperidine rings is 1. The lowest BCUT2D eigenvalue weighted by Gasteiger charge is -2.40. The minimum absolute atomic E-state index is 0. The molecule has 2 aliphatic heterocycles. The molecule has 6 nitrogen and oxygen atoms in total. The predicted octanol–water partition coefficient (Wildman–Crippen LogP) is 4.63. The second-order valence-electron chi connectivity index (χ2n) is 7.57. The molecule has 0 spiro atoms. The van der Waals surface area contributed by atoms with Crippen LogP contribution in [0.25, 0.3) is 0 Å². The van der Waals surface area contributed by atoms with Gasteiger partial charge in [0, 0.05) is 35.4 Å². The van der Waals surface area contributed by atoms with E-state index in [1.807, 2.05) is 30.0 Å². The number of nitrogens with one attached hydrogen (secondary N) is 1. The van der Waals surface area contributed by atoms with Crippen molar-refractivity contribution in [1.29, 1.82) is 0 Å². The molecule has 0 unspecified atom stereocenters. The van der Waals surface area contributed by atoms with Gasteiger partial charge in [-0.3, -0.25) is 14.6 Å². The molecule has 1 fully saturated rings. The molecule has 1 saturated heterocycles. The molecule has 2 aromatic rings. The molecule has 0 saturated carbocycles. The van der Waals surface area contributed by atoms with Crippen molar-refractivity contribution < 1.29 is 14.3 Å². The number of likely N-dealkylation sites (tertiary alicyclic amines) is 1. The zero-order valence-corrected chi connectivity index (χ0v) is 18.3. The average Bonchev–Trinajstić information content (AvgIpc) is 2.71. The lowest BCUT2D eigenvalue weighted by molar-refractivity contribution is -0.117. The summed E-state index contributed by atoms with van der Waals surface area (Å²) in [6, 6.07) is 13.2. The Labute approximate surface area is 187 Å². The number of rotatable bonds is 4. The van der Waals surface area contributed by atoms with E-state index < -0.39 is 0 Å². The first kappa shape index (κ1) is 22.4. The predicted molar refractivity (Wildman–Crippen MR) is 121 cm³/mol. The normalized spacial score (nSPS) is 17.0. The zero-order valence-electron chi connectivity index (χ0n) is 16.8. The smallest absolute Gasteiger partial charge is 0.414 e. The number of amides is 2. The lowest BCUT2D eigenvalue weighted by atomic mass is 9.99. The van der Waals surface area contributed by atoms with Crippen molar-refractivity contribution in [2.45, 2.75) is 32.4 Å². The third kappa shape index (κ3) is 4.89. The third-order valence-electron chi connectivity index (χ3n) is 5.53. The van der Waals surface area contributed by atoms with E-state index in [0.29, 0.717) is 18.2 Å². The van der Waals surface area contributed by atoms with Crippen molar-refractivity contribution in [2.24, 2.45) is 0 Å². The van der Waals surface area contributed by atoms with Crippen molar-refractivity contribution in [3.8, 4) is 0 Å². The van der Waals surface area contributed by atoms with E-state index in [1.54, 1.807) is 24.3 Å². The van der Waals surface area contributed by atoms with Gasteiger partial charge in [0.25, 0.3) is 0 Å². The van der Waals surface area contributed by atoms with Gasteiger partial charge in [0.1, 0.15) is 6.61 Å². The number of ether oxygens (including phenoxy) is 1. The fourth-order valence-corrected chi connectivity index (χ4v) is 4.21. The Balaban J connectivity index is 0.00000256. The standard InChI is InChI=1S/C22H24ClN3O3.ClH/c1-15-3-2-4-16-14-29-22(28)26(21(15)16)19-9-11-25(12-10-19)13-20(27)24-18-7-5-17(23)6-8-18;/h2-8,19H,9-14H2,1H3,(H,24,27);1H. The van der Waals surface area contributed by atoms with E-state index in [2.05, 4.69) is 10.2 Å². The molecule has 8 heteroatoms. The van der Waals surface area contributed by atoms with Crippen LogP contribution in [-0.2, 0) is 16.1 Å². The molecule has 0 radical (unpaired) electrons. The number of carbonyl (C=O) groups is 2. The average molecular weight is 450 g/mol. The van der Waals surface area contributed by atoms with Gasteiger partial charge in [-0.15, -0.1) is 12.4 Å². The molecular formula is C22H25Cl2N3O3. The molecule has 0 bridgehead atoms. The molecule has 2 amide bonds. The van der Waals surface area contributed by atoms with Crippen molar-refractivity contribution in [3.63, 3.8) is 0 Å². The maximum absolute atomic E-state index is 12.5. The fraction of sp³-hybridized carbons (Fsp3) is 0.364. The monoisotopic (exact) mass is 449 g/mol. The highest BCUT2D eigenvalue weighted by Gasteiger charge is 2.35. The molecule has 2 heterocycles. The second kappa shape index (κ2) is 9.69. The highest BCUT2D eigenvalue weighted by molar-refractivity contribution is 6.30. The maximum Gasteiger partial charge on any atom is 0.414 e. The van der Waals surface area contributed by atoms with E-state index in [4.69, 9.17) is 16.3 Å². The Morgan fingerprint density at radius 3 is 2.57 bits per heavy atom. The Morgan fingerprint density at radius 1 is 1.17 bits per heavy atom. The number of benzene rings is 2. The van der Waals surface area contributed by atoms with Crippen LogP contribution in [0.3, 0.4) is 0 Å². The first-order chi connectivity index (χ1) is 14.0. The van der Waals surface area contributed by atoms with Gasteiger partial charge < -0.3 is 10.1 Å². The molecule has 30 heavy (non-hydrogen) atoms. The Hall–Kier alpha value is -2.28. The van der Waals surface area contributed by atoms with Crippen LogP contribution in [0.1, 0.15) is 24.0 Å². The van der Waals surface area contributed by atoms with Crippen LogP contribution >= 0.6 is 24.0 Å². The van der Waals surface area contributed by atoms with Gasteiger partial charge in [-0.05, 0) is 49.6 Å². The summed E-state index contributed by atoms with van der Waals surface area (Å²) in [6.45, 7) is 4.19. The van der Waals surface area contributed by atoms with Gasteiger partial charge in [0.15, 0.2) is 0 Å². The van der Waals surface area contributed by atoms with E-state index in [9.17, 15) is 9.59 Å². The highest BCUT2D eigenvalue weighted by atomic mass is 35.5. The fourth-order valence-electron chi connectivity index (χ4n) is 4.09. The summed E-state index contributed by atoms with van der Waals surface area (Å²) >= 11 is 5.88. The number of hydrogen-bond acceptors (Lipinski definition) is 4. The van der Waals surface area contributed by atoms with Crippen molar-refractivity contribution >= 4 is 47.4 Å². The topological polar surface area (TPSA) is 61.9 Å². The summed E-state index contributed by atoms with van der Waals surface area (Å²) in [7, 11) is 0. The Morgan fingerprint density at radius 2 is 1.87 bits per heavy atom. The number of aryl methyl sites for hydroxylation is 1. The quantitative estimate of drug-likeness (QED) is 0.738. The number of nitrogens with zero attached hydrogens (tertiary/aromatic N) is 2. The van der Waals surface area contributed by atoms with Gasteiger partial charge in [0.05, 0.1) is 12.2 Å². The summed E-state index contributed by atoms with van der Waals surface area (Å²) in [5.41, 5.74) is 3.86. The number of anilines is 2. The van der Waals surface area contributed by atoms with Crippen LogP contribution in [0.2, 0.25) is 5.02 Å².